The molecule has 0 saturated carbocycles. The van der Waals surface area contributed by atoms with E-state index in [4.69, 9.17) is 0 Å². The lowest BCUT2D eigenvalue weighted by Gasteiger charge is -2.29. The Kier molecular flexibility index (Phi) is 3.47. The van der Waals surface area contributed by atoms with Crippen molar-refractivity contribution < 1.29 is 4.92 Å². The number of imidazole rings is 1. The molecule has 1 aromatic heterocycles. The fourth-order valence-electron chi connectivity index (χ4n) is 2.69. The van der Waals surface area contributed by atoms with Crippen molar-refractivity contribution in [3.8, 4) is 0 Å². The number of nitro groups is 1. The number of benzene rings is 1. The largest absolute Gasteiger partial charge is 0.380 e. The summed E-state index contributed by atoms with van der Waals surface area (Å²) in [6, 6.07) is 5.40. The Labute approximate surface area is 122 Å². The first-order chi connectivity index (χ1) is 10.2. The second-order valence-electron chi connectivity index (χ2n) is 4.92. The monoisotopic (exact) mass is 287 g/mol. The average Bonchev–Trinajstić information content (AvgIpc) is 2.94. The van der Waals surface area contributed by atoms with Gasteiger partial charge in [-0.2, -0.15) is 0 Å². The summed E-state index contributed by atoms with van der Waals surface area (Å²) in [5.74, 6) is 0.935. The summed E-state index contributed by atoms with van der Waals surface area (Å²) < 4.78 is 2.08. The first kappa shape index (κ1) is 13.4. The lowest BCUT2D eigenvalue weighted by Crippen LogP contribution is -2.34. The van der Waals surface area contributed by atoms with Gasteiger partial charge in [0.1, 0.15) is 17.2 Å². The van der Waals surface area contributed by atoms with E-state index in [1.165, 1.54) is 0 Å². The maximum atomic E-state index is 11.5. The normalized spacial score (nSPS) is 13.9. The van der Waals surface area contributed by atoms with Gasteiger partial charge < -0.3 is 14.8 Å². The predicted octanol–water partition coefficient (Wildman–Crippen LogP) is 2.24. The van der Waals surface area contributed by atoms with Gasteiger partial charge in [-0.05, 0) is 19.1 Å². The summed E-state index contributed by atoms with van der Waals surface area (Å²) >= 11 is 0. The lowest BCUT2D eigenvalue weighted by atomic mass is 10.2. The van der Waals surface area contributed by atoms with E-state index in [1.807, 2.05) is 24.1 Å². The van der Waals surface area contributed by atoms with E-state index in [0.29, 0.717) is 24.5 Å². The molecule has 7 nitrogen and oxygen atoms in total. The van der Waals surface area contributed by atoms with E-state index < -0.39 is 0 Å². The van der Waals surface area contributed by atoms with Crippen molar-refractivity contribution in [1.82, 2.24) is 9.55 Å². The molecule has 2 aromatic rings. The van der Waals surface area contributed by atoms with Crippen LogP contribution >= 0.6 is 0 Å². The third kappa shape index (κ3) is 2.42. The molecule has 7 heteroatoms. The van der Waals surface area contributed by atoms with Crippen LogP contribution in [0.3, 0.4) is 0 Å². The molecule has 0 atom stereocenters. The van der Waals surface area contributed by atoms with Crippen LogP contribution in [-0.2, 0) is 13.1 Å². The SMILES string of the molecule is CCNc1cccc(N2CCn3ccnc3C2)c1[N+](=O)[O-]. The molecule has 0 radical (unpaired) electrons. The maximum absolute atomic E-state index is 11.5. The molecule has 0 unspecified atom stereocenters. The van der Waals surface area contributed by atoms with E-state index in [9.17, 15) is 10.1 Å². The number of fused-ring (bicyclic) bond motifs is 1. The van der Waals surface area contributed by atoms with Gasteiger partial charge >= 0.3 is 5.69 Å². The highest BCUT2D eigenvalue weighted by molar-refractivity contribution is 5.77. The zero-order valence-corrected chi connectivity index (χ0v) is 11.8. The van der Waals surface area contributed by atoms with Crippen LogP contribution in [0, 0.1) is 10.1 Å². The van der Waals surface area contributed by atoms with Crippen LogP contribution in [-0.4, -0.2) is 27.6 Å². The van der Waals surface area contributed by atoms with E-state index in [-0.39, 0.29) is 10.6 Å². The molecule has 1 aliphatic rings. The van der Waals surface area contributed by atoms with Crippen molar-refractivity contribution in [3.05, 3.63) is 46.5 Å². The zero-order valence-electron chi connectivity index (χ0n) is 11.8. The minimum absolute atomic E-state index is 0.138. The lowest BCUT2D eigenvalue weighted by molar-refractivity contribution is -0.383. The first-order valence-corrected chi connectivity index (χ1v) is 6.97. The molecule has 1 N–H and O–H groups in total. The second kappa shape index (κ2) is 5.43. The molecule has 0 saturated heterocycles. The molecule has 1 aliphatic heterocycles. The molecule has 110 valence electrons. The number of para-hydroxylation sites is 1. The Morgan fingerprint density at radius 3 is 3.05 bits per heavy atom. The summed E-state index contributed by atoms with van der Waals surface area (Å²) in [6.45, 7) is 4.68. The molecule has 21 heavy (non-hydrogen) atoms. The van der Waals surface area contributed by atoms with Crippen LogP contribution in [0.2, 0.25) is 0 Å². The van der Waals surface area contributed by atoms with Crippen LogP contribution in [0.15, 0.2) is 30.6 Å². The van der Waals surface area contributed by atoms with Crippen molar-refractivity contribution in [2.24, 2.45) is 0 Å². The fraction of sp³-hybridized carbons (Fsp3) is 0.357. The molecule has 3 rings (SSSR count). The molecule has 0 bridgehead atoms. The summed E-state index contributed by atoms with van der Waals surface area (Å²) in [5, 5.41) is 14.5. The number of anilines is 2. The smallest absolute Gasteiger partial charge is 0.315 e. The van der Waals surface area contributed by atoms with Crippen LogP contribution in [0.1, 0.15) is 12.7 Å². The highest BCUT2D eigenvalue weighted by Crippen LogP contribution is 2.36. The summed E-state index contributed by atoms with van der Waals surface area (Å²) in [6.07, 6.45) is 3.71. The average molecular weight is 287 g/mol. The first-order valence-electron chi connectivity index (χ1n) is 6.97. The Bertz CT molecular complexity index is 667. The third-order valence-corrected chi connectivity index (χ3v) is 3.65. The van der Waals surface area contributed by atoms with E-state index in [1.54, 1.807) is 18.3 Å². The van der Waals surface area contributed by atoms with E-state index in [2.05, 4.69) is 14.9 Å². The van der Waals surface area contributed by atoms with Gasteiger partial charge in [-0.1, -0.05) is 6.07 Å². The molecule has 0 fully saturated rings. The minimum atomic E-state index is -0.311. The third-order valence-electron chi connectivity index (χ3n) is 3.65. The van der Waals surface area contributed by atoms with Gasteiger partial charge in [-0.3, -0.25) is 10.1 Å². The van der Waals surface area contributed by atoms with Gasteiger partial charge in [-0.25, -0.2) is 4.98 Å². The topological polar surface area (TPSA) is 76.2 Å². The van der Waals surface area contributed by atoms with Gasteiger partial charge in [0.2, 0.25) is 0 Å². The molecule has 0 spiro atoms. The van der Waals surface area contributed by atoms with Crippen molar-refractivity contribution in [2.45, 2.75) is 20.0 Å². The molecule has 2 heterocycles. The summed E-state index contributed by atoms with van der Waals surface area (Å²) in [5.41, 5.74) is 1.35. The van der Waals surface area contributed by atoms with Crippen molar-refractivity contribution in [3.63, 3.8) is 0 Å². The minimum Gasteiger partial charge on any atom is -0.380 e. The Morgan fingerprint density at radius 2 is 2.29 bits per heavy atom. The summed E-state index contributed by atoms with van der Waals surface area (Å²) in [4.78, 5) is 17.5. The van der Waals surface area contributed by atoms with Gasteiger partial charge in [-0.15, -0.1) is 0 Å². The van der Waals surface area contributed by atoms with Crippen molar-refractivity contribution in [2.75, 3.05) is 23.3 Å². The molecule has 0 aliphatic carbocycles. The molecule has 1 aromatic carbocycles. The second-order valence-corrected chi connectivity index (χ2v) is 4.92. The van der Waals surface area contributed by atoms with Crippen molar-refractivity contribution >= 4 is 17.1 Å². The molecular formula is C14H17N5O2. The number of rotatable bonds is 4. The predicted molar refractivity (Wildman–Crippen MR) is 80.5 cm³/mol. The van der Waals surface area contributed by atoms with Crippen molar-refractivity contribution in [1.29, 1.82) is 0 Å². The van der Waals surface area contributed by atoms with Crippen LogP contribution in [0.25, 0.3) is 0 Å². The number of nitrogens with zero attached hydrogens (tertiary/aromatic N) is 4. The number of aromatic nitrogens is 2. The van der Waals surface area contributed by atoms with E-state index >= 15 is 0 Å². The number of nitro benzene ring substituents is 1. The number of hydrogen-bond donors (Lipinski definition) is 1. The fourth-order valence-corrected chi connectivity index (χ4v) is 2.69. The Morgan fingerprint density at radius 1 is 1.43 bits per heavy atom. The Balaban J connectivity index is 1.99. The van der Waals surface area contributed by atoms with Crippen LogP contribution in [0.5, 0.6) is 0 Å². The van der Waals surface area contributed by atoms with Gasteiger partial charge in [0.25, 0.3) is 0 Å². The number of hydrogen-bond acceptors (Lipinski definition) is 5. The van der Waals surface area contributed by atoms with Gasteiger partial charge in [0.05, 0.1) is 11.5 Å². The zero-order chi connectivity index (χ0) is 14.8. The number of nitrogens with one attached hydrogen (secondary N) is 1. The summed E-state index contributed by atoms with van der Waals surface area (Å²) in [7, 11) is 0. The highest BCUT2D eigenvalue weighted by Gasteiger charge is 2.26. The van der Waals surface area contributed by atoms with Crippen LogP contribution < -0.4 is 10.2 Å². The van der Waals surface area contributed by atoms with Crippen LogP contribution in [0.4, 0.5) is 17.1 Å². The maximum Gasteiger partial charge on any atom is 0.315 e. The standard InChI is InChI=1S/C14H17N5O2/c1-2-15-11-4-3-5-12(14(11)19(20)21)18-9-8-17-7-6-16-13(17)10-18/h3-7,15H,2,8-10H2,1H3. The van der Waals surface area contributed by atoms with Gasteiger partial charge in [0.15, 0.2) is 0 Å². The van der Waals surface area contributed by atoms with E-state index in [0.717, 1.165) is 18.9 Å². The molecular weight excluding hydrogens is 270 g/mol. The highest BCUT2D eigenvalue weighted by atomic mass is 16.6. The quantitative estimate of drug-likeness (QED) is 0.689. The molecule has 0 amide bonds. The van der Waals surface area contributed by atoms with Gasteiger partial charge in [0, 0.05) is 32.0 Å². The Hall–Kier alpha value is -2.57.